The molecule has 7 nitrogen and oxygen atoms in total. The van der Waals surface area contributed by atoms with E-state index < -0.39 is 11.9 Å². The normalized spacial score (nSPS) is 10.4. The lowest BCUT2D eigenvalue weighted by molar-refractivity contribution is -0.117. The number of nitrogens with zero attached hydrogens (tertiary/aromatic N) is 3. The number of hydrogen-bond donors (Lipinski definition) is 2. The van der Waals surface area contributed by atoms with Gasteiger partial charge in [-0.3, -0.25) is 14.7 Å². The molecule has 0 aliphatic carbocycles. The summed E-state index contributed by atoms with van der Waals surface area (Å²) in [5.74, 6) is 0.311. The van der Waals surface area contributed by atoms with Gasteiger partial charge < -0.3 is 5.32 Å². The van der Waals surface area contributed by atoms with E-state index in [1.165, 1.54) is 17.8 Å². The highest BCUT2D eigenvalue weighted by atomic mass is 35.5. The van der Waals surface area contributed by atoms with Gasteiger partial charge in [0.1, 0.15) is 5.82 Å². The number of imide groups is 1. The van der Waals surface area contributed by atoms with Crippen molar-refractivity contribution in [2.75, 3.05) is 12.3 Å². The number of halogens is 1. The Balaban J connectivity index is 1.78. The third-order valence-corrected chi connectivity index (χ3v) is 5.16. The molecule has 0 saturated heterocycles. The molecule has 1 heterocycles. The topological polar surface area (TPSA) is 88.9 Å². The summed E-state index contributed by atoms with van der Waals surface area (Å²) in [4.78, 5) is 23.7. The molecule has 3 aromatic rings. The number of aromatic nitrogens is 3. The Bertz CT molecular complexity index is 1020. The summed E-state index contributed by atoms with van der Waals surface area (Å²) >= 11 is 7.22. The monoisotopic (exact) mass is 441 g/mol. The van der Waals surface area contributed by atoms with Crippen LogP contribution in [0.5, 0.6) is 0 Å². The number of hydrogen-bond acceptors (Lipinski definition) is 5. The van der Waals surface area contributed by atoms with Gasteiger partial charge in [0.05, 0.1) is 5.75 Å². The van der Waals surface area contributed by atoms with E-state index in [0.29, 0.717) is 16.6 Å². The van der Waals surface area contributed by atoms with Gasteiger partial charge in [0.15, 0.2) is 5.16 Å². The Morgan fingerprint density at radius 3 is 2.53 bits per heavy atom. The molecule has 30 heavy (non-hydrogen) atoms. The van der Waals surface area contributed by atoms with Crippen LogP contribution in [0.25, 0.3) is 5.69 Å². The summed E-state index contributed by atoms with van der Waals surface area (Å²) in [6.45, 7) is 3.78. The molecule has 0 saturated carbocycles. The van der Waals surface area contributed by atoms with Crippen molar-refractivity contribution in [1.29, 1.82) is 0 Å². The third kappa shape index (κ3) is 5.95. The zero-order valence-corrected chi connectivity index (χ0v) is 17.6. The van der Waals surface area contributed by atoms with Crippen molar-refractivity contribution in [3.05, 3.63) is 83.7 Å². The third-order valence-electron chi connectivity index (χ3n) is 3.98. The number of benzene rings is 2. The van der Waals surface area contributed by atoms with Crippen LogP contribution in [-0.4, -0.2) is 39.0 Å². The van der Waals surface area contributed by atoms with Crippen LogP contribution in [0, 0.1) is 0 Å². The molecule has 0 aliphatic rings. The molecule has 1 aromatic heterocycles. The zero-order valence-electron chi connectivity index (χ0n) is 16.0. The van der Waals surface area contributed by atoms with Crippen LogP contribution in [0.2, 0.25) is 5.02 Å². The van der Waals surface area contributed by atoms with Gasteiger partial charge in [0, 0.05) is 23.7 Å². The second kappa shape index (κ2) is 10.6. The van der Waals surface area contributed by atoms with E-state index in [9.17, 15) is 9.59 Å². The summed E-state index contributed by atoms with van der Waals surface area (Å²) in [6, 6.07) is 16.7. The first-order chi connectivity index (χ1) is 14.6. The van der Waals surface area contributed by atoms with Gasteiger partial charge in [-0.15, -0.1) is 16.8 Å². The molecule has 2 aromatic carbocycles. The Hall–Kier alpha value is -3.10. The molecule has 0 unspecified atom stereocenters. The van der Waals surface area contributed by atoms with E-state index in [1.54, 1.807) is 12.1 Å². The van der Waals surface area contributed by atoms with E-state index in [1.807, 2.05) is 47.0 Å². The van der Waals surface area contributed by atoms with Gasteiger partial charge in [-0.25, -0.2) is 4.79 Å². The summed E-state index contributed by atoms with van der Waals surface area (Å²) in [5.41, 5.74) is 1.93. The highest BCUT2D eigenvalue weighted by Crippen LogP contribution is 2.24. The molecule has 0 aliphatic heterocycles. The van der Waals surface area contributed by atoms with E-state index in [-0.39, 0.29) is 12.3 Å². The maximum Gasteiger partial charge on any atom is 0.321 e. The molecule has 9 heteroatoms. The molecule has 0 bridgehead atoms. The van der Waals surface area contributed by atoms with Crippen LogP contribution in [-0.2, 0) is 11.2 Å². The van der Waals surface area contributed by atoms with Gasteiger partial charge in [-0.05, 0) is 29.8 Å². The number of urea groups is 1. The first kappa shape index (κ1) is 21.6. The lowest BCUT2D eigenvalue weighted by Gasteiger charge is -2.11. The molecule has 3 amide bonds. The van der Waals surface area contributed by atoms with E-state index in [0.717, 1.165) is 17.1 Å². The van der Waals surface area contributed by atoms with Crippen molar-refractivity contribution in [3.8, 4) is 5.69 Å². The van der Waals surface area contributed by atoms with Crippen molar-refractivity contribution in [2.45, 2.75) is 11.6 Å². The van der Waals surface area contributed by atoms with Crippen molar-refractivity contribution >= 4 is 35.3 Å². The fourth-order valence-corrected chi connectivity index (χ4v) is 3.53. The van der Waals surface area contributed by atoms with Crippen molar-refractivity contribution in [1.82, 2.24) is 25.4 Å². The molecule has 2 N–H and O–H groups in total. The van der Waals surface area contributed by atoms with E-state index in [2.05, 4.69) is 27.4 Å². The largest absolute Gasteiger partial charge is 0.334 e. The van der Waals surface area contributed by atoms with Crippen LogP contribution in [0.1, 0.15) is 11.4 Å². The van der Waals surface area contributed by atoms with Crippen molar-refractivity contribution < 1.29 is 9.59 Å². The Morgan fingerprint density at radius 2 is 1.83 bits per heavy atom. The second-order valence-electron chi connectivity index (χ2n) is 6.21. The average molecular weight is 442 g/mol. The SMILES string of the molecule is C=CCNC(=O)NC(=O)CSc1nnc(Cc2ccccc2)n1-c1ccc(Cl)cc1. The van der Waals surface area contributed by atoms with Gasteiger partial charge in [-0.1, -0.05) is 59.8 Å². The van der Waals surface area contributed by atoms with Crippen LogP contribution in [0.3, 0.4) is 0 Å². The molecule has 154 valence electrons. The molecular formula is C21H20ClN5O2S. The summed E-state index contributed by atoms with van der Waals surface area (Å²) in [5, 5.41) is 14.5. The molecule has 0 radical (unpaired) electrons. The standard InChI is InChI=1S/C21H20ClN5O2S/c1-2-12-23-20(29)24-19(28)14-30-21-26-25-18(13-15-6-4-3-5-7-15)27(21)17-10-8-16(22)9-11-17/h2-11H,1,12-14H2,(H2,23,24,28,29). The molecule has 0 spiro atoms. The fourth-order valence-electron chi connectivity index (χ4n) is 2.64. The first-order valence-corrected chi connectivity index (χ1v) is 10.5. The number of nitrogens with one attached hydrogen (secondary N) is 2. The Kier molecular flexibility index (Phi) is 7.64. The molecule has 0 fully saturated rings. The van der Waals surface area contributed by atoms with Crippen molar-refractivity contribution in [2.24, 2.45) is 0 Å². The summed E-state index contributed by atoms with van der Waals surface area (Å²) in [6.07, 6.45) is 2.11. The van der Waals surface area contributed by atoms with E-state index in [4.69, 9.17) is 11.6 Å². The predicted octanol–water partition coefficient (Wildman–Crippen LogP) is 3.62. The van der Waals surface area contributed by atoms with Gasteiger partial charge in [0.25, 0.3) is 0 Å². The minimum atomic E-state index is -0.565. The Morgan fingerprint density at radius 1 is 1.10 bits per heavy atom. The van der Waals surface area contributed by atoms with E-state index >= 15 is 0 Å². The lowest BCUT2D eigenvalue weighted by atomic mass is 10.1. The summed E-state index contributed by atoms with van der Waals surface area (Å²) < 4.78 is 1.89. The van der Waals surface area contributed by atoms with Crippen molar-refractivity contribution in [3.63, 3.8) is 0 Å². The molecular weight excluding hydrogens is 422 g/mol. The number of carbonyl (C=O) groups is 2. The zero-order chi connectivity index (χ0) is 21.3. The smallest absolute Gasteiger partial charge is 0.321 e. The minimum Gasteiger partial charge on any atom is -0.334 e. The van der Waals surface area contributed by atoms with Crippen LogP contribution >= 0.6 is 23.4 Å². The van der Waals surface area contributed by atoms with Gasteiger partial charge in [-0.2, -0.15) is 0 Å². The average Bonchev–Trinajstić information content (AvgIpc) is 3.14. The molecule has 0 atom stereocenters. The van der Waals surface area contributed by atoms with Crippen LogP contribution in [0.4, 0.5) is 4.79 Å². The predicted molar refractivity (Wildman–Crippen MR) is 118 cm³/mol. The lowest BCUT2D eigenvalue weighted by Crippen LogP contribution is -2.40. The quantitative estimate of drug-likeness (QED) is 0.411. The Labute approximate surface area is 183 Å². The fraction of sp³-hybridized carbons (Fsp3) is 0.143. The van der Waals surface area contributed by atoms with Crippen LogP contribution in [0.15, 0.2) is 72.4 Å². The number of rotatable bonds is 8. The molecule has 3 rings (SSSR count). The van der Waals surface area contributed by atoms with Crippen LogP contribution < -0.4 is 10.6 Å². The minimum absolute atomic E-state index is 0.0125. The number of thioether (sulfide) groups is 1. The number of amides is 3. The summed E-state index contributed by atoms with van der Waals surface area (Å²) in [7, 11) is 0. The maximum absolute atomic E-state index is 12.1. The number of carbonyl (C=O) groups excluding carboxylic acids is 2. The second-order valence-corrected chi connectivity index (χ2v) is 7.59. The highest BCUT2D eigenvalue weighted by Gasteiger charge is 2.17. The maximum atomic E-state index is 12.1. The van der Waals surface area contributed by atoms with Gasteiger partial charge in [0.2, 0.25) is 5.91 Å². The van der Waals surface area contributed by atoms with Gasteiger partial charge >= 0.3 is 6.03 Å². The highest BCUT2D eigenvalue weighted by molar-refractivity contribution is 7.99. The first-order valence-electron chi connectivity index (χ1n) is 9.12.